The van der Waals surface area contributed by atoms with Crippen LogP contribution in [0.1, 0.15) is 41.0 Å². The fourth-order valence-corrected chi connectivity index (χ4v) is 2.48. The molecule has 2 nitrogen and oxygen atoms in total. The van der Waals surface area contributed by atoms with Gasteiger partial charge in [0.2, 0.25) is 0 Å². The van der Waals surface area contributed by atoms with Gasteiger partial charge in [-0.05, 0) is 44.8 Å². The van der Waals surface area contributed by atoms with Gasteiger partial charge in [0.1, 0.15) is 0 Å². The summed E-state index contributed by atoms with van der Waals surface area (Å²) < 4.78 is 2.25. The first-order valence-corrected chi connectivity index (χ1v) is 7.21. The minimum Gasteiger partial charge on any atom is -0.348 e. The van der Waals surface area contributed by atoms with Crippen molar-refractivity contribution in [1.82, 2.24) is 4.57 Å². The van der Waals surface area contributed by atoms with E-state index in [1.54, 1.807) is 0 Å². The first-order valence-electron chi connectivity index (χ1n) is 5.81. The van der Waals surface area contributed by atoms with Crippen LogP contribution in [-0.2, 0) is 6.54 Å². The molecule has 90 valence electrons. The summed E-state index contributed by atoms with van der Waals surface area (Å²) >= 11 is 1.91. The van der Waals surface area contributed by atoms with Crippen molar-refractivity contribution in [3.63, 3.8) is 0 Å². The predicted octanol–water partition coefficient (Wildman–Crippen LogP) is 3.45. The molecule has 1 aromatic rings. The average molecular weight is 239 g/mol. The van der Waals surface area contributed by atoms with Gasteiger partial charge in [0, 0.05) is 23.5 Å². The molecule has 16 heavy (non-hydrogen) atoms. The smallest absolute Gasteiger partial charge is 0.151 e. The van der Waals surface area contributed by atoms with E-state index in [0.29, 0.717) is 0 Å². The molecule has 0 aliphatic heterocycles. The van der Waals surface area contributed by atoms with E-state index < -0.39 is 0 Å². The zero-order chi connectivity index (χ0) is 12.0. The number of nitrogens with zero attached hydrogens (tertiary/aromatic N) is 1. The Labute approximate surface area is 102 Å². The fourth-order valence-electron chi connectivity index (χ4n) is 1.98. The average Bonchev–Trinajstić information content (AvgIpc) is 2.55. The maximum atomic E-state index is 10.8. The normalized spacial score (nSPS) is 10.7. The molecule has 0 aromatic carbocycles. The second-order valence-electron chi connectivity index (χ2n) is 4.15. The molecule has 1 rings (SSSR count). The predicted molar refractivity (Wildman–Crippen MR) is 71.5 cm³/mol. The molecule has 0 unspecified atom stereocenters. The molecular weight excluding hydrogens is 218 g/mol. The van der Waals surface area contributed by atoms with Crippen LogP contribution in [0, 0.1) is 13.8 Å². The van der Waals surface area contributed by atoms with Gasteiger partial charge in [0.15, 0.2) is 6.29 Å². The van der Waals surface area contributed by atoms with Crippen molar-refractivity contribution in [2.75, 3.05) is 12.0 Å². The quantitative estimate of drug-likeness (QED) is 0.537. The van der Waals surface area contributed by atoms with Crippen LogP contribution in [0.15, 0.2) is 6.07 Å². The number of unbranched alkanes of at least 4 members (excludes halogenated alkanes) is 2. The van der Waals surface area contributed by atoms with E-state index in [9.17, 15) is 4.79 Å². The molecule has 0 radical (unpaired) electrons. The Morgan fingerprint density at radius 1 is 1.31 bits per heavy atom. The molecule has 0 atom stereocenters. The standard InChI is InChI=1S/C13H21NOS/c1-11-9-13(10-15)12(2)14(11)7-5-4-6-8-16-3/h9-10H,4-8H2,1-3H3. The maximum absolute atomic E-state index is 10.8. The molecule has 0 N–H and O–H groups in total. The number of rotatable bonds is 7. The molecule has 0 amide bonds. The molecular formula is C13H21NOS. The van der Waals surface area contributed by atoms with Crippen molar-refractivity contribution in [3.05, 3.63) is 23.0 Å². The summed E-state index contributed by atoms with van der Waals surface area (Å²) in [5, 5.41) is 0. The van der Waals surface area contributed by atoms with E-state index in [2.05, 4.69) is 17.7 Å². The second kappa shape index (κ2) is 6.79. The number of aryl methyl sites for hydroxylation is 1. The number of aromatic nitrogens is 1. The molecule has 0 spiro atoms. The van der Waals surface area contributed by atoms with Gasteiger partial charge in [-0.2, -0.15) is 11.8 Å². The maximum Gasteiger partial charge on any atom is 0.151 e. The Balaban J connectivity index is 2.47. The van der Waals surface area contributed by atoms with Crippen molar-refractivity contribution in [3.8, 4) is 0 Å². The van der Waals surface area contributed by atoms with Crippen LogP contribution >= 0.6 is 11.8 Å². The molecule has 3 heteroatoms. The Hall–Kier alpha value is -0.700. The van der Waals surface area contributed by atoms with Gasteiger partial charge in [-0.3, -0.25) is 4.79 Å². The summed E-state index contributed by atoms with van der Waals surface area (Å²) in [6.45, 7) is 5.14. The van der Waals surface area contributed by atoms with Crippen LogP contribution in [0.3, 0.4) is 0 Å². The highest BCUT2D eigenvalue weighted by molar-refractivity contribution is 7.98. The first kappa shape index (κ1) is 13.4. The van der Waals surface area contributed by atoms with Crippen LogP contribution in [0.25, 0.3) is 0 Å². The van der Waals surface area contributed by atoms with Crippen molar-refractivity contribution in [2.24, 2.45) is 0 Å². The summed E-state index contributed by atoms with van der Waals surface area (Å²) in [6.07, 6.45) is 6.87. The lowest BCUT2D eigenvalue weighted by Gasteiger charge is -2.08. The Morgan fingerprint density at radius 3 is 2.62 bits per heavy atom. The Morgan fingerprint density at radius 2 is 2.06 bits per heavy atom. The second-order valence-corrected chi connectivity index (χ2v) is 5.14. The van der Waals surface area contributed by atoms with Crippen LogP contribution < -0.4 is 0 Å². The summed E-state index contributed by atoms with van der Waals surface area (Å²) in [5.74, 6) is 1.25. The van der Waals surface area contributed by atoms with Crippen molar-refractivity contribution in [1.29, 1.82) is 0 Å². The molecule has 0 aliphatic rings. The summed E-state index contributed by atoms with van der Waals surface area (Å²) in [6, 6.07) is 1.98. The Bertz CT molecular complexity index is 344. The monoisotopic (exact) mass is 239 g/mol. The lowest BCUT2D eigenvalue weighted by Crippen LogP contribution is -2.03. The lowest BCUT2D eigenvalue weighted by molar-refractivity contribution is 0.112. The SMILES string of the molecule is CSCCCCCn1c(C)cc(C=O)c1C. The minimum absolute atomic E-state index is 0.835. The van der Waals surface area contributed by atoms with Gasteiger partial charge in [-0.15, -0.1) is 0 Å². The van der Waals surface area contributed by atoms with E-state index in [-0.39, 0.29) is 0 Å². The summed E-state index contributed by atoms with van der Waals surface area (Å²) in [5.41, 5.74) is 3.14. The number of hydrogen-bond acceptors (Lipinski definition) is 2. The van der Waals surface area contributed by atoms with E-state index >= 15 is 0 Å². The molecule has 1 heterocycles. The first-order chi connectivity index (χ1) is 7.70. The minimum atomic E-state index is 0.835. The van der Waals surface area contributed by atoms with Crippen LogP contribution in [0.2, 0.25) is 0 Å². The van der Waals surface area contributed by atoms with Gasteiger partial charge in [0.05, 0.1) is 0 Å². The van der Waals surface area contributed by atoms with E-state index in [0.717, 1.165) is 24.1 Å². The fraction of sp³-hybridized carbons (Fsp3) is 0.615. The topological polar surface area (TPSA) is 22.0 Å². The van der Waals surface area contributed by atoms with Crippen LogP contribution in [-0.4, -0.2) is 22.9 Å². The molecule has 0 saturated heterocycles. The van der Waals surface area contributed by atoms with Crippen molar-refractivity contribution < 1.29 is 4.79 Å². The number of aldehydes is 1. The highest BCUT2D eigenvalue weighted by Crippen LogP contribution is 2.14. The highest BCUT2D eigenvalue weighted by Gasteiger charge is 2.07. The number of carbonyl (C=O) groups is 1. The van der Waals surface area contributed by atoms with E-state index in [4.69, 9.17) is 0 Å². The van der Waals surface area contributed by atoms with Crippen LogP contribution in [0.5, 0.6) is 0 Å². The van der Waals surface area contributed by atoms with E-state index in [1.165, 1.54) is 30.7 Å². The zero-order valence-electron chi connectivity index (χ0n) is 10.5. The van der Waals surface area contributed by atoms with Gasteiger partial charge >= 0.3 is 0 Å². The molecule has 0 aliphatic carbocycles. The van der Waals surface area contributed by atoms with Crippen molar-refractivity contribution in [2.45, 2.75) is 39.7 Å². The summed E-state index contributed by atoms with van der Waals surface area (Å²) in [7, 11) is 0. The lowest BCUT2D eigenvalue weighted by atomic mass is 10.2. The molecule has 1 aromatic heterocycles. The largest absolute Gasteiger partial charge is 0.348 e. The van der Waals surface area contributed by atoms with Crippen LogP contribution in [0.4, 0.5) is 0 Å². The van der Waals surface area contributed by atoms with E-state index in [1.807, 2.05) is 24.8 Å². The molecule has 0 saturated carbocycles. The Kier molecular flexibility index (Phi) is 5.67. The third-order valence-electron chi connectivity index (χ3n) is 2.97. The summed E-state index contributed by atoms with van der Waals surface area (Å²) in [4.78, 5) is 10.8. The molecule has 0 bridgehead atoms. The highest BCUT2D eigenvalue weighted by atomic mass is 32.2. The van der Waals surface area contributed by atoms with Gasteiger partial charge in [0.25, 0.3) is 0 Å². The number of hydrogen-bond donors (Lipinski definition) is 0. The van der Waals surface area contributed by atoms with Crippen molar-refractivity contribution >= 4 is 18.0 Å². The van der Waals surface area contributed by atoms with Gasteiger partial charge in [-0.1, -0.05) is 6.42 Å². The number of carbonyl (C=O) groups excluding carboxylic acids is 1. The number of thioether (sulfide) groups is 1. The third-order valence-corrected chi connectivity index (χ3v) is 3.67. The van der Waals surface area contributed by atoms with Gasteiger partial charge < -0.3 is 4.57 Å². The third kappa shape index (κ3) is 3.41. The van der Waals surface area contributed by atoms with Gasteiger partial charge in [-0.25, -0.2) is 0 Å². The molecule has 0 fully saturated rings. The zero-order valence-corrected chi connectivity index (χ0v) is 11.3.